The Bertz CT molecular complexity index is 1330. The topological polar surface area (TPSA) is 75.4 Å². The number of para-hydroxylation sites is 1. The molecule has 2 heterocycles. The number of anilines is 2. The van der Waals surface area contributed by atoms with Crippen LogP contribution >= 0.6 is 0 Å². The maximum absolute atomic E-state index is 13.1. The predicted molar refractivity (Wildman–Crippen MR) is 127 cm³/mol. The highest BCUT2D eigenvalue weighted by Crippen LogP contribution is 2.29. The van der Waals surface area contributed by atoms with E-state index < -0.39 is 0 Å². The fourth-order valence-corrected chi connectivity index (χ4v) is 4.02. The molecule has 0 saturated heterocycles. The highest BCUT2D eigenvalue weighted by Gasteiger charge is 2.25. The summed E-state index contributed by atoms with van der Waals surface area (Å²) < 4.78 is 18.7. The lowest BCUT2D eigenvalue weighted by Crippen LogP contribution is -2.28. The maximum atomic E-state index is 13.1. The molecule has 0 spiro atoms. The Labute approximate surface area is 196 Å². The lowest BCUT2D eigenvalue weighted by atomic mass is 10.1. The summed E-state index contributed by atoms with van der Waals surface area (Å²) in [6, 6.07) is 20.8. The summed E-state index contributed by atoms with van der Waals surface area (Å²) in [6.07, 6.45) is 2.94. The standard InChI is InChI=1S/C27H22FN3O3/c28-21-9-5-19(6-10-21)24-17-29-26(34-24)14-13-25(32)30-22-11-7-20(8-12-22)27(33)31-16-15-18-3-1-2-4-23(18)31/h1-12,17H,13-16H2,(H,30,32). The predicted octanol–water partition coefficient (Wildman–Crippen LogP) is 5.25. The minimum absolute atomic E-state index is 0.0521. The van der Waals surface area contributed by atoms with Gasteiger partial charge in [0.25, 0.3) is 5.91 Å². The number of nitrogens with one attached hydrogen (secondary N) is 1. The molecule has 0 aliphatic carbocycles. The number of hydrogen-bond donors (Lipinski definition) is 1. The number of fused-ring (bicyclic) bond motifs is 1. The first-order valence-electron chi connectivity index (χ1n) is 11.1. The van der Waals surface area contributed by atoms with E-state index in [1.807, 2.05) is 24.3 Å². The van der Waals surface area contributed by atoms with E-state index >= 15 is 0 Å². The van der Waals surface area contributed by atoms with Crippen molar-refractivity contribution in [3.63, 3.8) is 0 Å². The molecule has 1 aliphatic heterocycles. The summed E-state index contributed by atoms with van der Waals surface area (Å²) in [6.45, 7) is 0.667. The Morgan fingerprint density at radius 1 is 1.00 bits per heavy atom. The van der Waals surface area contributed by atoms with Crippen molar-refractivity contribution in [1.29, 1.82) is 0 Å². The third-order valence-electron chi connectivity index (χ3n) is 5.80. The van der Waals surface area contributed by atoms with Crippen LogP contribution in [0, 0.1) is 5.82 Å². The first-order chi connectivity index (χ1) is 16.6. The molecule has 0 unspecified atom stereocenters. The lowest BCUT2D eigenvalue weighted by Gasteiger charge is -2.17. The molecule has 4 aromatic rings. The summed E-state index contributed by atoms with van der Waals surface area (Å²) in [5, 5.41) is 2.83. The molecule has 0 saturated carbocycles. The van der Waals surface area contributed by atoms with Gasteiger partial charge in [0.15, 0.2) is 11.7 Å². The van der Waals surface area contributed by atoms with E-state index in [9.17, 15) is 14.0 Å². The van der Waals surface area contributed by atoms with Gasteiger partial charge in [0.05, 0.1) is 6.20 Å². The molecule has 5 rings (SSSR count). The molecular weight excluding hydrogens is 433 g/mol. The highest BCUT2D eigenvalue weighted by molar-refractivity contribution is 6.07. The molecule has 0 atom stereocenters. The fourth-order valence-electron chi connectivity index (χ4n) is 4.02. The number of aromatic nitrogens is 1. The van der Waals surface area contributed by atoms with E-state index in [0.717, 1.165) is 17.7 Å². The fraction of sp³-hybridized carbons (Fsp3) is 0.148. The number of carbonyl (C=O) groups is 2. The third kappa shape index (κ3) is 4.59. The molecule has 0 fully saturated rings. The van der Waals surface area contributed by atoms with Gasteiger partial charge in [-0.25, -0.2) is 9.37 Å². The van der Waals surface area contributed by atoms with Gasteiger partial charge in [-0.2, -0.15) is 0 Å². The van der Waals surface area contributed by atoms with Gasteiger partial charge >= 0.3 is 0 Å². The first-order valence-corrected chi connectivity index (χ1v) is 11.1. The molecule has 1 N–H and O–H groups in total. The molecule has 3 aromatic carbocycles. The van der Waals surface area contributed by atoms with Crippen LogP contribution in [-0.2, 0) is 17.6 Å². The SMILES string of the molecule is O=C(CCc1ncc(-c2ccc(F)cc2)o1)Nc1ccc(C(=O)N2CCc3ccccc32)cc1. The van der Waals surface area contributed by atoms with Crippen molar-refractivity contribution in [2.75, 3.05) is 16.8 Å². The minimum atomic E-state index is -0.320. The van der Waals surface area contributed by atoms with Gasteiger partial charge < -0.3 is 14.6 Å². The van der Waals surface area contributed by atoms with Crippen molar-refractivity contribution in [2.24, 2.45) is 0 Å². The van der Waals surface area contributed by atoms with Crippen LogP contribution in [0.3, 0.4) is 0 Å². The first kappa shape index (κ1) is 21.6. The van der Waals surface area contributed by atoms with Gasteiger partial charge in [0, 0.05) is 41.9 Å². The summed E-state index contributed by atoms with van der Waals surface area (Å²) >= 11 is 0. The molecule has 7 heteroatoms. The Balaban J connectivity index is 1.15. The summed E-state index contributed by atoms with van der Waals surface area (Å²) in [7, 11) is 0. The zero-order valence-corrected chi connectivity index (χ0v) is 18.3. The van der Waals surface area contributed by atoms with Crippen LogP contribution in [0.2, 0.25) is 0 Å². The number of hydrogen-bond acceptors (Lipinski definition) is 4. The number of amides is 2. The molecular formula is C27H22FN3O3. The van der Waals surface area contributed by atoms with E-state index in [1.165, 1.54) is 17.7 Å². The van der Waals surface area contributed by atoms with Crippen molar-refractivity contribution in [1.82, 2.24) is 4.98 Å². The molecule has 170 valence electrons. The molecule has 1 aromatic heterocycles. The van der Waals surface area contributed by atoms with E-state index in [-0.39, 0.29) is 24.1 Å². The van der Waals surface area contributed by atoms with Gasteiger partial charge in [-0.05, 0) is 66.6 Å². The van der Waals surface area contributed by atoms with Crippen molar-refractivity contribution < 1.29 is 18.4 Å². The number of carbonyl (C=O) groups excluding carboxylic acids is 2. The second-order valence-corrected chi connectivity index (χ2v) is 8.09. The highest BCUT2D eigenvalue weighted by atomic mass is 19.1. The molecule has 1 aliphatic rings. The number of halogens is 1. The Morgan fingerprint density at radius 3 is 2.56 bits per heavy atom. The number of rotatable bonds is 6. The van der Waals surface area contributed by atoms with Crippen molar-refractivity contribution in [3.8, 4) is 11.3 Å². The van der Waals surface area contributed by atoms with Crippen molar-refractivity contribution in [3.05, 3.63) is 102 Å². The van der Waals surface area contributed by atoms with Gasteiger partial charge in [-0.3, -0.25) is 9.59 Å². The Morgan fingerprint density at radius 2 is 1.76 bits per heavy atom. The van der Waals surface area contributed by atoms with Gasteiger partial charge in [-0.15, -0.1) is 0 Å². The quantitative estimate of drug-likeness (QED) is 0.431. The second-order valence-electron chi connectivity index (χ2n) is 8.09. The molecule has 6 nitrogen and oxygen atoms in total. The van der Waals surface area contributed by atoms with E-state index in [2.05, 4.69) is 10.3 Å². The average molecular weight is 455 g/mol. The van der Waals surface area contributed by atoms with Crippen molar-refractivity contribution >= 4 is 23.2 Å². The molecule has 0 radical (unpaired) electrons. The number of benzene rings is 3. The zero-order valence-electron chi connectivity index (χ0n) is 18.3. The average Bonchev–Trinajstić information content (AvgIpc) is 3.51. The van der Waals surface area contributed by atoms with Crippen LogP contribution in [0.15, 0.2) is 83.4 Å². The van der Waals surface area contributed by atoms with Crippen LogP contribution < -0.4 is 10.2 Å². The molecule has 2 amide bonds. The zero-order chi connectivity index (χ0) is 23.5. The smallest absolute Gasteiger partial charge is 0.258 e. The van der Waals surface area contributed by atoms with E-state index in [0.29, 0.717) is 35.9 Å². The summed E-state index contributed by atoms with van der Waals surface area (Å²) in [5.74, 6) is 0.397. The van der Waals surface area contributed by atoms with Crippen LogP contribution in [-0.4, -0.2) is 23.3 Å². The van der Waals surface area contributed by atoms with Crippen molar-refractivity contribution in [2.45, 2.75) is 19.3 Å². The number of oxazole rings is 1. The van der Waals surface area contributed by atoms with Gasteiger partial charge in [0.1, 0.15) is 5.82 Å². The minimum Gasteiger partial charge on any atom is -0.441 e. The third-order valence-corrected chi connectivity index (χ3v) is 5.80. The molecule has 34 heavy (non-hydrogen) atoms. The van der Waals surface area contributed by atoms with E-state index in [4.69, 9.17) is 4.42 Å². The van der Waals surface area contributed by atoms with Gasteiger partial charge in [0.2, 0.25) is 5.91 Å². The number of aryl methyl sites for hydroxylation is 1. The van der Waals surface area contributed by atoms with Crippen LogP contribution in [0.5, 0.6) is 0 Å². The second kappa shape index (κ2) is 9.31. The summed E-state index contributed by atoms with van der Waals surface area (Å²) in [4.78, 5) is 31.3. The molecule has 0 bridgehead atoms. The Kier molecular flexibility index (Phi) is 5.91. The van der Waals surface area contributed by atoms with E-state index in [1.54, 1.807) is 47.5 Å². The van der Waals surface area contributed by atoms with Crippen LogP contribution in [0.4, 0.5) is 15.8 Å². The lowest BCUT2D eigenvalue weighted by molar-refractivity contribution is -0.116. The van der Waals surface area contributed by atoms with Crippen LogP contribution in [0.25, 0.3) is 11.3 Å². The maximum Gasteiger partial charge on any atom is 0.258 e. The monoisotopic (exact) mass is 455 g/mol. The van der Waals surface area contributed by atoms with Gasteiger partial charge in [-0.1, -0.05) is 18.2 Å². The van der Waals surface area contributed by atoms with Crippen LogP contribution in [0.1, 0.15) is 28.2 Å². The Hall–Kier alpha value is -4.26. The number of nitrogens with zero attached hydrogens (tertiary/aromatic N) is 2. The summed E-state index contributed by atoms with van der Waals surface area (Å²) in [5.41, 5.74) is 4.04. The normalized spacial score (nSPS) is 12.4. The largest absolute Gasteiger partial charge is 0.441 e.